The van der Waals surface area contributed by atoms with Gasteiger partial charge in [0.1, 0.15) is 0 Å². The summed E-state index contributed by atoms with van der Waals surface area (Å²) in [5, 5.41) is 0. The standard InChI is InChI=1S/C5H3F9O3S/c1-18(15,16)17-5(13,14)3(8,9)2(6,7)4(10,11)12/h1H3. The van der Waals surface area contributed by atoms with Gasteiger partial charge in [0.25, 0.3) is 10.1 Å². The second-order valence-corrected chi connectivity index (χ2v) is 4.53. The Bertz CT molecular complexity index is 408. The Balaban J connectivity index is 5.64. The third-order valence-electron chi connectivity index (χ3n) is 1.37. The van der Waals surface area contributed by atoms with Crippen LogP contribution in [0.2, 0.25) is 0 Å². The molecule has 13 heteroatoms. The van der Waals surface area contributed by atoms with Crippen molar-refractivity contribution in [1.29, 1.82) is 0 Å². The van der Waals surface area contributed by atoms with Crippen LogP contribution in [0.4, 0.5) is 39.5 Å². The second-order valence-electron chi connectivity index (χ2n) is 2.95. The van der Waals surface area contributed by atoms with Crippen molar-refractivity contribution in [2.24, 2.45) is 0 Å². The molecule has 110 valence electrons. The zero-order chi connectivity index (χ0) is 15.2. The third kappa shape index (κ3) is 2.99. The minimum Gasteiger partial charge on any atom is -0.200 e. The number of alkyl halides is 9. The molecule has 0 aromatic heterocycles. The van der Waals surface area contributed by atoms with Gasteiger partial charge in [0.05, 0.1) is 6.26 Å². The molecule has 0 aromatic carbocycles. The Hall–Kier alpha value is -0.720. The van der Waals surface area contributed by atoms with Gasteiger partial charge in [0, 0.05) is 0 Å². The topological polar surface area (TPSA) is 43.4 Å². The van der Waals surface area contributed by atoms with E-state index < -0.39 is 34.2 Å². The molecular formula is C5H3F9O3S. The van der Waals surface area contributed by atoms with E-state index in [1.807, 2.05) is 0 Å². The van der Waals surface area contributed by atoms with Crippen LogP contribution in [0.5, 0.6) is 0 Å². The minimum atomic E-state index is -7.19. The average Bonchev–Trinajstić information content (AvgIpc) is 1.95. The van der Waals surface area contributed by atoms with Crippen LogP contribution >= 0.6 is 0 Å². The quantitative estimate of drug-likeness (QED) is 0.591. The van der Waals surface area contributed by atoms with E-state index in [4.69, 9.17) is 0 Å². The SMILES string of the molecule is CS(=O)(=O)OC(F)(F)C(F)(F)C(F)(F)C(F)(F)F. The molecule has 0 saturated heterocycles. The summed E-state index contributed by atoms with van der Waals surface area (Å²) in [6, 6.07) is 0. The summed E-state index contributed by atoms with van der Waals surface area (Å²) in [6.45, 7) is 0. The van der Waals surface area contributed by atoms with Crippen LogP contribution in [-0.4, -0.2) is 38.8 Å². The summed E-state index contributed by atoms with van der Waals surface area (Å²) in [6.07, 6.45) is -13.8. The molecule has 18 heavy (non-hydrogen) atoms. The Kier molecular flexibility index (Phi) is 3.98. The van der Waals surface area contributed by atoms with E-state index >= 15 is 0 Å². The van der Waals surface area contributed by atoms with Gasteiger partial charge in [-0.2, -0.15) is 52.1 Å². The number of halogens is 9. The zero-order valence-electron chi connectivity index (χ0n) is 8.03. The highest BCUT2D eigenvalue weighted by molar-refractivity contribution is 7.86. The van der Waals surface area contributed by atoms with E-state index in [9.17, 15) is 47.9 Å². The number of rotatable bonds is 4. The maximum atomic E-state index is 12.4. The van der Waals surface area contributed by atoms with Gasteiger partial charge >= 0.3 is 24.1 Å². The molecule has 0 rings (SSSR count). The fourth-order valence-corrected chi connectivity index (χ4v) is 1.09. The van der Waals surface area contributed by atoms with Crippen molar-refractivity contribution in [2.45, 2.75) is 24.1 Å². The normalized spacial score (nSPS) is 15.9. The van der Waals surface area contributed by atoms with Crippen LogP contribution in [-0.2, 0) is 14.3 Å². The molecule has 0 aliphatic carbocycles. The van der Waals surface area contributed by atoms with Crippen LogP contribution in [0.25, 0.3) is 0 Å². The van der Waals surface area contributed by atoms with Crippen molar-refractivity contribution in [2.75, 3.05) is 6.26 Å². The fourth-order valence-electron chi connectivity index (χ4n) is 0.603. The molecular weight excluding hydrogens is 311 g/mol. The van der Waals surface area contributed by atoms with E-state index in [1.165, 1.54) is 0 Å². The molecule has 0 atom stereocenters. The zero-order valence-corrected chi connectivity index (χ0v) is 8.85. The molecule has 0 bridgehead atoms. The Labute approximate surface area is 93.6 Å². The number of hydrogen-bond donors (Lipinski definition) is 0. The molecule has 0 radical (unpaired) electrons. The van der Waals surface area contributed by atoms with E-state index in [2.05, 4.69) is 4.18 Å². The van der Waals surface area contributed by atoms with Crippen LogP contribution < -0.4 is 0 Å². The first-order chi connectivity index (χ1) is 7.46. The fraction of sp³-hybridized carbons (Fsp3) is 1.00. The van der Waals surface area contributed by atoms with Crippen molar-refractivity contribution in [3.8, 4) is 0 Å². The van der Waals surface area contributed by atoms with E-state index in [1.54, 1.807) is 0 Å². The van der Waals surface area contributed by atoms with Gasteiger partial charge in [-0.1, -0.05) is 0 Å². The Morgan fingerprint density at radius 3 is 1.33 bits per heavy atom. The first-order valence-corrected chi connectivity index (χ1v) is 5.38. The highest BCUT2D eigenvalue weighted by Gasteiger charge is 2.83. The third-order valence-corrected chi connectivity index (χ3v) is 1.88. The van der Waals surface area contributed by atoms with Gasteiger partial charge in [0.15, 0.2) is 0 Å². The summed E-state index contributed by atoms with van der Waals surface area (Å²) in [5.74, 6) is -14.3. The average molecular weight is 314 g/mol. The Morgan fingerprint density at radius 2 is 1.11 bits per heavy atom. The van der Waals surface area contributed by atoms with Gasteiger partial charge < -0.3 is 0 Å². The molecule has 3 nitrogen and oxygen atoms in total. The molecule has 0 fully saturated rings. The smallest absolute Gasteiger partial charge is 0.200 e. The van der Waals surface area contributed by atoms with Crippen LogP contribution in [0.3, 0.4) is 0 Å². The first-order valence-electron chi connectivity index (χ1n) is 3.56. The summed E-state index contributed by atoms with van der Waals surface area (Å²) < 4.78 is 131. The van der Waals surface area contributed by atoms with Gasteiger partial charge in [-0.25, -0.2) is 0 Å². The van der Waals surface area contributed by atoms with Gasteiger partial charge in [-0.3, -0.25) is 0 Å². The predicted octanol–water partition coefficient (Wildman–Crippen LogP) is 2.39. The predicted molar refractivity (Wildman–Crippen MR) is 36.8 cm³/mol. The van der Waals surface area contributed by atoms with Gasteiger partial charge in [-0.05, 0) is 0 Å². The molecule has 0 aromatic rings. The molecule has 0 heterocycles. The lowest BCUT2D eigenvalue weighted by molar-refractivity contribution is -0.428. The molecule has 0 N–H and O–H groups in total. The largest absolute Gasteiger partial charge is 0.460 e. The van der Waals surface area contributed by atoms with Crippen molar-refractivity contribution in [3.63, 3.8) is 0 Å². The molecule has 0 aliphatic rings. The molecule has 0 amide bonds. The van der Waals surface area contributed by atoms with Crippen molar-refractivity contribution in [1.82, 2.24) is 0 Å². The number of hydrogen-bond acceptors (Lipinski definition) is 3. The van der Waals surface area contributed by atoms with Crippen LogP contribution in [0.15, 0.2) is 0 Å². The first kappa shape index (κ1) is 17.3. The lowest BCUT2D eigenvalue weighted by Gasteiger charge is -2.32. The maximum absolute atomic E-state index is 12.4. The summed E-state index contributed by atoms with van der Waals surface area (Å²) in [7, 11) is -5.40. The summed E-state index contributed by atoms with van der Waals surface area (Å²) in [5.41, 5.74) is 0. The van der Waals surface area contributed by atoms with Crippen LogP contribution in [0, 0.1) is 0 Å². The molecule has 0 spiro atoms. The summed E-state index contributed by atoms with van der Waals surface area (Å²) >= 11 is 0. The van der Waals surface area contributed by atoms with Crippen LogP contribution in [0.1, 0.15) is 0 Å². The molecule has 0 unspecified atom stereocenters. The lowest BCUT2D eigenvalue weighted by atomic mass is 10.1. The second kappa shape index (κ2) is 4.15. The van der Waals surface area contributed by atoms with Crippen molar-refractivity contribution < 1.29 is 52.1 Å². The van der Waals surface area contributed by atoms with E-state index in [0.717, 1.165) is 0 Å². The van der Waals surface area contributed by atoms with Crippen molar-refractivity contribution >= 4 is 10.1 Å². The lowest BCUT2D eigenvalue weighted by Crippen LogP contribution is -2.62. The van der Waals surface area contributed by atoms with Crippen molar-refractivity contribution in [3.05, 3.63) is 0 Å². The van der Waals surface area contributed by atoms with E-state index in [-0.39, 0.29) is 6.26 Å². The van der Waals surface area contributed by atoms with Gasteiger partial charge in [0.2, 0.25) is 0 Å². The summed E-state index contributed by atoms with van der Waals surface area (Å²) in [4.78, 5) is 0. The highest BCUT2D eigenvalue weighted by Crippen LogP contribution is 2.53. The van der Waals surface area contributed by atoms with Gasteiger partial charge in [-0.15, -0.1) is 0 Å². The maximum Gasteiger partial charge on any atom is 0.460 e. The van der Waals surface area contributed by atoms with E-state index in [0.29, 0.717) is 0 Å². The minimum absolute atomic E-state index is 0.233. The highest BCUT2D eigenvalue weighted by atomic mass is 32.2. The monoisotopic (exact) mass is 314 g/mol. The Morgan fingerprint density at radius 1 is 0.778 bits per heavy atom. The molecule has 0 saturated carbocycles. The molecule has 0 aliphatic heterocycles.